The first-order valence-corrected chi connectivity index (χ1v) is 7.33. The number of hydrogen-bond acceptors (Lipinski definition) is 3. The second kappa shape index (κ2) is 7.68. The Kier molecular flexibility index (Phi) is 5.64. The molecule has 0 aliphatic carbocycles. The van der Waals surface area contributed by atoms with Crippen molar-refractivity contribution in [1.82, 2.24) is 0 Å². The SMILES string of the molecule is N#C/C(=C\c1ccc(OCc2ccc(Cl)cc2Cl)cc1)C(N)=O. The predicted octanol–water partition coefficient (Wildman–Crippen LogP) is 3.96. The van der Waals surface area contributed by atoms with Gasteiger partial charge in [-0.15, -0.1) is 0 Å². The number of nitriles is 1. The van der Waals surface area contributed by atoms with Crippen molar-refractivity contribution in [2.45, 2.75) is 6.61 Å². The zero-order chi connectivity index (χ0) is 16.8. The van der Waals surface area contributed by atoms with Crippen LogP contribution in [0.5, 0.6) is 5.75 Å². The average Bonchev–Trinajstić information content (AvgIpc) is 2.52. The summed E-state index contributed by atoms with van der Waals surface area (Å²) in [4.78, 5) is 11.0. The Labute approximate surface area is 143 Å². The van der Waals surface area contributed by atoms with Gasteiger partial charge in [-0.2, -0.15) is 5.26 Å². The van der Waals surface area contributed by atoms with Crippen LogP contribution in [0, 0.1) is 11.3 Å². The summed E-state index contributed by atoms with van der Waals surface area (Å²) in [6.45, 7) is 0.302. The lowest BCUT2D eigenvalue weighted by atomic mass is 10.1. The van der Waals surface area contributed by atoms with E-state index in [-0.39, 0.29) is 5.57 Å². The largest absolute Gasteiger partial charge is 0.489 e. The predicted molar refractivity (Wildman–Crippen MR) is 90.0 cm³/mol. The van der Waals surface area contributed by atoms with Crippen molar-refractivity contribution in [3.63, 3.8) is 0 Å². The average molecular weight is 347 g/mol. The van der Waals surface area contributed by atoms with Gasteiger partial charge in [0, 0.05) is 15.6 Å². The van der Waals surface area contributed by atoms with E-state index >= 15 is 0 Å². The van der Waals surface area contributed by atoms with Gasteiger partial charge >= 0.3 is 0 Å². The van der Waals surface area contributed by atoms with E-state index < -0.39 is 5.91 Å². The molecule has 0 spiro atoms. The Bertz CT molecular complexity index is 793. The maximum Gasteiger partial charge on any atom is 0.259 e. The van der Waals surface area contributed by atoms with E-state index in [2.05, 4.69) is 0 Å². The summed E-state index contributed by atoms with van der Waals surface area (Å²) >= 11 is 11.9. The number of rotatable bonds is 5. The fraction of sp³-hybridized carbons (Fsp3) is 0.0588. The van der Waals surface area contributed by atoms with Gasteiger partial charge in [-0.3, -0.25) is 4.79 Å². The molecule has 0 bridgehead atoms. The number of primary amides is 1. The molecule has 4 nitrogen and oxygen atoms in total. The van der Waals surface area contributed by atoms with Crippen molar-refractivity contribution in [3.05, 3.63) is 69.2 Å². The van der Waals surface area contributed by atoms with Crippen LogP contribution in [0.4, 0.5) is 0 Å². The van der Waals surface area contributed by atoms with Crippen LogP contribution in [0.3, 0.4) is 0 Å². The van der Waals surface area contributed by atoms with Crippen LogP contribution in [-0.4, -0.2) is 5.91 Å². The maximum absolute atomic E-state index is 11.0. The second-order valence-corrected chi connectivity index (χ2v) is 5.47. The number of ether oxygens (including phenoxy) is 1. The Hall–Kier alpha value is -2.48. The third-order valence-electron chi connectivity index (χ3n) is 2.99. The number of benzene rings is 2. The second-order valence-electron chi connectivity index (χ2n) is 4.63. The van der Waals surface area contributed by atoms with Crippen LogP contribution in [0.25, 0.3) is 6.08 Å². The normalized spacial score (nSPS) is 10.9. The summed E-state index contributed by atoms with van der Waals surface area (Å²) in [5.41, 5.74) is 6.48. The molecular weight excluding hydrogens is 335 g/mol. The Morgan fingerprint density at radius 3 is 2.48 bits per heavy atom. The molecule has 0 saturated carbocycles. The molecule has 0 unspecified atom stereocenters. The fourth-order valence-electron chi connectivity index (χ4n) is 1.79. The highest BCUT2D eigenvalue weighted by molar-refractivity contribution is 6.35. The molecule has 23 heavy (non-hydrogen) atoms. The molecule has 0 heterocycles. The molecule has 0 aliphatic heterocycles. The summed E-state index contributed by atoms with van der Waals surface area (Å²) in [7, 11) is 0. The van der Waals surface area contributed by atoms with E-state index in [1.165, 1.54) is 6.08 Å². The van der Waals surface area contributed by atoms with E-state index in [1.807, 2.05) is 0 Å². The number of carbonyl (C=O) groups excluding carboxylic acids is 1. The lowest BCUT2D eigenvalue weighted by molar-refractivity contribution is -0.114. The molecule has 2 N–H and O–H groups in total. The zero-order valence-electron chi connectivity index (χ0n) is 11.9. The van der Waals surface area contributed by atoms with Crippen LogP contribution >= 0.6 is 23.2 Å². The van der Waals surface area contributed by atoms with Gasteiger partial charge in [0.15, 0.2) is 0 Å². The number of nitrogens with two attached hydrogens (primary N) is 1. The van der Waals surface area contributed by atoms with E-state index in [0.717, 1.165) is 5.56 Å². The Morgan fingerprint density at radius 2 is 1.91 bits per heavy atom. The summed E-state index contributed by atoms with van der Waals surface area (Å²) in [6, 6.07) is 13.8. The number of halogens is 2. The summed E-state index contributed by atoms with van der Waals surface area (Å²) in [5, 5.41) is 9.91. The monoisotopic (exact) mass is 346 g/mol. The minimum Gasteiger partial charge on any atom is -0.489 e. The number of carbonyl (C=O) groups is 1. The smallest absolute Gasteiger partial charge is 0.259 e. The van der Waals surface area contributed by atoms with Crippen molar-refractivity contribution in [3.8, 4) is 11.8 Å². The highest BCUT2D eigenvalue weighted by Crippen LogP contribution is 2.23. The van der Waals surface area contributed by atoms with Gasteiger partial charge in [0.25, 0.3) is 5.91 Å². The van der Waals surface area contributed by atoms with Crippen LogP contribution in [0.2, 0.25) is 10.0 Å². The third-order valence-corrected chi connectivity index (χ3v) is 3.57. The minimum atomic E-state index is -0.759. The first-order valence-electron chi connectivity index (χ1n) is 6.58. The lowest BCUT2D eigenvalue weighted by Crippen LogP contribution is -2.12. The van der Waals surface area contributed by atoms with Gasteiger partial charge < -0.3 is 10.5 Å². The summed E-state index contributed by atoms with van der Waals surface area (Å²) in [5.74, 6) is -0.129. The molecule has 0 atom stereocenters. The van der Waals surface area contributed by atoms with Gasteiger partial charge in [-0.25, -0.2) is 0 Å². The summed E-state index contributed by atoms with van der Waals surface area (Å²) in [6.07, 6.45) is 1.42. The molecule has 0 aromatic heterocycles. The maximum atomic E-state index is 11.0. The van der Waals surface area contributed by atoms with Crippen molar-refractivity contribution in [1.29, 1.82) is 5.26 Å². The number of hydrogen-bond donors (Lipinski definition) is 1. The van der Waals surface area contributed by atoms with Gasteiger partial charge in [0.1, 0.15) is 24.0 Å². The standard InChI is InChI=1S/C17H12Cl2N2O2/c18-14-4-3-12(16(19)8-14)10-23-15-5-1-11(2-6-15)7-13(9-20)17(21)22/h1-8H,10H2,(H2,21,22)/b13-7+. The van der Waals surface area contributed by atoms with Crippen LogP contribution in [0.1, 0.15) is 11.1 Å². The molecular formula is C17H12Cl2N2O2. The topological polar surface area (TPSA) is 76.1 Å². The molecule has 6 heteroatoms. The van der Waals surface area contributed by atoms with Crippen molar-refractivity contribution < 1.29 is 9.53 Å². The van der Waals surface area contributed by atoms with E-state index in [9.17, 15) is 4.79 Å². The molecule has 116 valence electrons. The van der Waals surface area contributed by atoms with E-state index in [4.69, 9.17) is 38.9 Å². The van der Waals surface area contributed by atoms with Gasteiger partial charge in [0.2, 0.25) is 0 Å². The van der Waals surface area contributed by atoms with E-state index in [0.29, 0.717) is 28.0 Å². The van der Waals surface area contributed by atoms with Crippen LogP contribution < -0.4 is 10.5 Å². The molecule has 2 aromatic rings. The Balaban J connectivity index is 2.06. The van der Waals surface area contributed by atoms with Gasteiger partial charge in [-0.05, 0) is 35.9 Å². The molecule has 2 rings (SSSR count). The quantitative estimate of drug-likeness (QED) is 0.657. The van der Waals surface area contributed by atoms with Crippen molar-refractivity contribution in [2.24, 2.45) is 5.73 Å². The number of nitrogens with zero attached hydrogens (tertiary/aromatic N) is 1. The van der Waals surface area contributed by atoms with Gasteiger partial charge in [0.05, 0.1) is 0 Å². The Morgan fingerprint density at radius 1 is 1.22 bits per heavy atom. The van der Waals surface area contributed by atoms with Gasteiger partial charge in [-0.1, -0.05) is 41.4 Å². The first-order chi connectivity index (χ1) is 11.0. The highest BCUT2D eigenvalue weighted by atomic mass is 35.5. The van der Waals surface area contributed by atoms with Crippen molar-refractivity contribution in [2.75, 3.05) is 0 Å². The lowest BCUT2D eigenvalue weighted by Gasteiger charge is -2.08. The minimum absolute atomic E-state index is 0.105. The highest BCUT2D eigenvalue weighted by Gasteiger charge is 2.04. The summed E-state index contributed by atoms with van der Waals surface area (Å²) < 4.78 is 5.64. The molecule has 1 amide bonds. The first kappa shape index (κ1) is 16.9. The van der Waals surface area contributed by atoms with E-state index in [1.54, 1.807) is 48.5 Å². The molecule has 0 radical (unpaired) electrons. The fourth-order valence-corrected chi connectivity index (χ4v) is 2.25. The van der Waals surface area contributed by atoms with Crippen molar-refractivity contribution >= 4 is 35.2 Å². The molecule has 0 fully saturated rings. The number of amides is 1. The molecule has 0 aliphatic rings. The molecule has 0 saturated heterocycles. The zero-order valence-corrected chi connectivity index (χ0v) is 13.4. The molecule has 2 aromatic carbocycles. The third kappa shape index (κ3) is 4.75. The van der Waals surface area contributed by atoms with Crippen LogP contribution in [-0.2, 0) is 11.4 Å². The van der Waals surface area contributed by atoms with Crippen LogP contribution in [0.15, 0.2) is 48.0 Å².